The summed E-state index contributed by atoms with van der Waals surface area (Å²) in [6.45, 7) is 1.52. The fourth-order valence-electron chi connectivity index (χ4n) is 3.39. The van der Waals surface area contributed by atoms with E-state index in [1.165, 1.54) is 18.5 Å². The zero-order chi connectivity index (χ0) is 18.9. The van der Waals surface area contributed by atoms with Gasteiger partial charge in [0.05, 0.1) is 6.10 Å². The molecule has 0 spiro atoms. The average Bonchev–Trinajstić information content (AvgIpc) is 2.88. The van der Waals surface area contributed by atoms with E-state index in [0.29, 0.717) is 26.1 Å². The Morgan fingerprint density at radius 2 is 2.35 bits per heavy atom. The van der Waals surface area contributed by atoms with Crippen molar-refractivity contribution in [3.05, 3.63) is 34.0 Å². The van der Waals surface area contributed by atoms with Crippen LogP contribution in [0.1, 0.15) is 19.1 Å². The van der Waals surface area contributed by atoms with Crippen LogP contribution >= 0.6 is 0 Å². The molecule has 2 aliphatic heterocycles. The van der Waals surface area contributed by atoms with Crippen molar-refractivity contribution in [2.75, 3.05) is 32.4 Å². The normalized spacial score (nSPS) is 26.1. The van der Waals surface area contributed by atoms with Crippen molar-refractivity contribution >= 4 is 12.0 Å². The minimum Gasteiger partial charge on any atom is -0.390 e. The fourth-order valence-corrected chi connectivity index (χ4v) is 3.39. The van der Waals surface area contributed by atoms with Crippen molar-refractivity contribution in [1.29, 1.82) is 5.41 Å². The summed E-state index contributed by atoms with van der Waals surface area (Å²) >= 11 is 0. The number of aromatic nitrogens is 2. The average molecular weight is 368 g/mol. The summed E-state index contributed by atoms with van der Waals surface area (Å²) in [6.07, 6.45) is 0.313. The van der Waals surface area contributed by atoms with Gasteiger partial charge in [0, 0.05) is 51.2 Å². The van der Waals surface area contributed by atoms with Crippen LogP contribution in [-0.4, -0.2) is 59.4 Å². The van der Waals surface area contributed by atoms with Crippen LogP contribution in [0.2, 0.25) is 0 Å². The fraction of sp³-hybridized carbons (Fsp3) is 0.562. The van der Waals surface area contributed by atoms with Crippen molar-refractivity contribution in [1.82, 2.24) is 19.8 Å². The molecule has 3 heterocycles. The Balaban J connectivity index is 1.71. The van der Waals surface area contributed by atoms with Crippen LogP contribution in [0.3, 0.4) is 0 Å². The van der Waals surface area contributed by atoms with E-state index in [2.05, 4.69) is 10.3 Å². The monoisotopic (exact) mass is 368 g/mol. The second-order valence-corrected chi connectivity index (χ2v) is 6.50. The lowest BCUT2D eigenvalue weighted by molar-refractivity contribution is -0.118. The van der Waals surface area contributed by atoms with Gasteiger partial charge in [-0.3, -0.25) is 9.47 Å². The van der Waals surface area contributed by atoms with E-state index in [-0.39, 0.29) is 5.82 Å². The number of nitrogen functional groups attached to an aromatic ring is 1. The quantitative estimate of drug-likeness (QED) is 0.656. The van der Waals surface area contributed by atoms with Gasteiger partial charge in [0.1, 0.15) is 5.82 Å². The van der Waals surface area contributed by atoms with Crippen LogP contribution in [0, 0.1) is 5.41 Å². The number of alkyl halides is 2. The highest BCUT2D eigenvalue weighted by atomic mass is 19.3. The Hall–Kier alpha value is -2.33. The van der Waals surface area contributed by atoms with Crippen LogP contribution in [-0.2, 0) is 4.74 Å². The Labute approximate surface area is 149 Å². The lowest BCUT2D eigenvalue weighted by atomic mass is 10.1. The summed E-state index contributed by atoms with van der Waals surface area (Å²) in [4.78, 5) is 17.4. The maximum absolute atomic E-state index is 14.4. The molecule has 1 aromatic rings. The Bertz CT molecular complexity index is 778. The molecular weight excluding hydrogens is 346 g/mol. The number of anilines is 1. The summed E-state index contributed by atoms with van der Waals surface area (Å²) in [7, 11) is 1.78. The third-order valence-corrected chi connectivity index (χ3v) is 4.69. The number of nitrogens with zero attached hydrogens (tertiary/aromatic N) is 3. The zero-order valence-electron chi connectivity index (χ0n) is 14.4. The predicted octanol–water partition coefficient (Wildman–Crippen LogP) is 0.577. The molecule has 1 fully saturated rings. The number of hydrogen-bond donors (Lipinski definition) is 3. The predicted molar refractivity (Wildman–Crippen MR) is 92.3 cm³/mol. The number of hydrogen-bond acceptors (Lipinski definition) is 7. The SMILES string of the molecule is CNC1=C(C=N)CCN(C[C@@H]2CC(F)(F)[C@H](n3ccc(N)nc3=O)O2)C1. The van der Waals surface area contributed by atoms with E-state index in [9.17, 15) is 13.6 Å². The molecule has 4 N–H and O–H groups in total. The van der Waals surface area contributed by atoms with Gasteiger partial charge >= 0.3 is 5.69 Å². The molecule has 0 aliphatic carbocycles. The molecule has 8 nitrogen and oxygen atoms in total. The van der Waals surface area contributed by atoms with Crippen molar-refractivity contribution in [3.8, 4) is 0 Å². The largest absolute Gasteiger partial charge is 0.390 e. The molecule has 26 heavy (non-hydrogen) atoms. The van der Waals surface area contributed by atoms with E-state index < -0.39 is 30.4 Å². The van der Waals surface area contributed by atoms with Crippen LogP contribution in [0.25, 0.3) is 0 Å². The number of nitrogens with one attached hydrogen (secondary N) is 2. The second kappa shape index (κ2) is 7.12. The van der Waals surface area contributed by atoms with Crippen molar-refractivity contribution < 1.29 is 13.5 Å². The summed E-state index contributed by atoms with van der Waals surface area (Å²) < 4.78 is 35.2. The van der Waals surface area contributed by atoms with Gasteiger partial charge in [-0.1, -0.05) is 0 Å². The van der Waals surface area contributed by atoms with Gasteiger partial charge in [-0.15, -0.1) is 0 Å². The summed E-state index contributed by atoms with van der Waals surface area (Å²) in [6, 6.07) is 1.29. The second-order valence-electron chi connectivity index (χ2n) is 6.50. The first-order chi connectivity index (χ1) is 12.3. The van der Waals surface area contributed by atoms with E-state index >= 15 is 0 Å². The first-order valence-electron chi connectivity index (χ1n) is 8.34. The van der Waals surface area contributed by atoms with Crippen LogP contribution < -0.4 is 16.7 Å². The minimum absolute atomic E-state index is 0.0224. The first-order valence-corrected chi connectivity index (χ1v) is 8.34. The van der Waals surface area contributed by atoms with Crippen molar-refractivity contribution in [2.24, 2.45) is 0 Å². The molecule has 142 valence electrons. The molecule has 0 bridgehead atoms. The highest BCUT2D eigenvalue weighted by Crippen LogP contribution is 2.42. The third kappa shape index (κ3) is 3.61. The lowest BCUT2D eigenvalue weighted by Gasteiger charge is -2.31. The molecule has 0 aromatic carbocycles. The lowest BCUT2D eigenvalue weighted by Crippen LogP contribution is -2.40. The molecule has 0 amide bonds. The number of nitrogens with two attached hydrogens (primary N) is 1. The topological polar surface area (TPSA) is 109 Å². The molecular formula is C16H22F2N6O2. The third-order valence-electron chi connectivity index (χ3n) is 4.69. The molecule has 10 heteroatoms. The number of halogens is 2. The molecule has 3 rings (SSSR count). The molecule has 2 atom stereocenters. The zero-order valence-corrected chi connectivity index (χ0v) is 14.4. The van der Waals surface area contributed by atoms with Gasteiger partial charge in [0.25, 0.3) is 5.92 Å². The highest BCUT2D eigenvalue weighted by Gasteiger charge is 2.52. The van der Waals surface area contributed by atoms with E-state index in [4.69, 9.17) is 15.9 Å². The first kappa shape index (κ1) is 18.5. The standard InChI is InChI=1S/C16H22F2N6O2/c1-21-12-9-23(4-2-10(12)7-19)8-11-6-16(17,18)14(26-11)24-5-3-13(20)22-15(24)25/h3,5,7,11,14,19,21H,2,4,6,8-9H2,1H3,(H2,20,22,25)/t11-,14+/m0/s1. The highest BCUT2D eigenvalue weighted by molar-refractivity contribution is 5.77. The summed E-state index contributed by atoms with van der Waals surface area (Å²) in [5.74, 6) is -3.20. The molecule has 1 aromatic heterocycles. The Kier molecular flexibility index (Phi) is 5.05. The summed E-state index contributed by atoms with van der Waals surface area (Å²) in [5, 5.41) is 10.5. The molecule has 0 saturated carbocycles. The van der Waals surface area contributed by atoms with Gasteiger partial charge in [-0.05, 0) is 18.1 Å². The van der Waals surface area contributed by atoms with Gasteiger partial charge in [-0.2, -0.15) is 4.98 Å². The van der Waals surface area contributed by atoms with Gasteiger partial charge in [-0.25, -0.2) is 13.6 Å². The van der Waals surface area contributed by atoms with Gasteiger partial charge in [0.15, 0.2) is 0 Å². The van der Waals surface area contributed by atoms with E-state index in [1.807, 2.05) is 4.90 Å². The van der Waals surface area contributed by atoms with Gasteiger partial charge in [0.2, 0.25) is 6.23 Å². The maximum Gasteiger partial charge on any atom is 0.351 e. The van der Waals surface area contributed by atoms with Crippen LogP contribution in [0.15, 0.2) is 28.3 Å². The Morgan fingerprint density at radius 3 is 3.00 bits per heavy atom. The van der Waals surface area contributed by atoms with E-state index in [1.54, 1.807) is 7.05 Å². The maximum atomic E-state index is 14.4. The summed E-state index contributed by atoms with van der Waals surface area (Å²) in [5.41, 5.74) is 6.38. The number of rotatable bonds is 5. The Morgan fingerprint density at radius 1 is 1.58 bits per heavy atom. The smallest absolute Gasteiger partial charge is 0.351 e. The van der Waals surface area contributed by atoms with Crippen molar-refractivity contribution in [2.45, 2.75) is 31.1 Å². The molecule has 2 aliphatic rings. The van der Waals surface area contributed by atoms with Crippen molar-refractivity contribution in [3.63, 3.8) is 0 Å². The van der Waals surface area contributed by atoms with E-state index in [0.717, 1.165) is 15.8 Å². The van der Waals surface area contributed by atoms with Gasteiger partial charge < -0.3 is 21.2 Å². The molecule has 0 unspecified atom stereocenters. The van der Waals surface area contributed by atoms with Crippen LogP contribution in [0.5, 0.6) is 0 Å². The molecule has 0 radical (unpaired) electrons. The number of likely N-dealkylation sites (N-methyl/N-ethyl adjacent to an activating group) is 1. The van der Waals surface area contributed by atoms with Crippen LogP contribution in [0.4, 0.5) is 14.6 Å². The number of ether oxygens (including phenoxy) is 1. The minimum atomic E-state index is -3.18. The molecule has 1 saturated heterocycles.